The van der Waals surface area contributed by atoms with Crippen LogP contribution in [0.2, 0.25) is 0 Å². The van der Waals surface area contributed by atoms with Crippen LogP contribution in [0.1, 0.15) is 96.0 Å². The summed E-state index contributed by atoms with van der Waals surface area (Å²) in [5, 5.41) is 0. The summed E-state index contributed by atoms with van der Waals surface area (Å²) >= 11 is 0. The van der Waals surface area contributed by atoms with E-state index in [1.165, 1.54) is 57.8 Å². The van der Waals surface area contributed by atoms with Crippen molar-refractivity contribution in [3.05, 3.63) is 17.5 Å². The number of aryl methyl sites for hydroxylation is 3. The van der Waals surface area contributed by atoms with Gasteiger partial charge in [-0.15, -0.1) is 0 Å². The van der Waals surface area contributed by atoms with Crippen molar-refractivity contribution in [2.75, 3.05) is 0 Å². The van der Waals surface area contributed by atoms with E-state index < -0.39 is 0 Å². The molecule has 120 valence electrons. The lowest BCUT2D eigenvalue weighted by molar-refractivity contribution is 0.631. The van der Waals surface area contributed by atoms with Crippen molar-refractivity contribution in [3.8, 4) is 0 Å². The fourth-order valence-electron chi connectivity index (χ4n) is 2.46. The van der Waals surface area contributed by atoms with Gasteiger partial charge in [0.15, 0.2) is 0 Å². The molecule has 1 rings (SSSR count). The van der Waals surface area contributed by atoms with Gasteiger partial charge in [0.2, 0.25) is 0 Å². The van der Waals surface area contributed by atoms with E-state index in [2.05, 4.69) is 35.7 Å². The summed E-state index contributed by atoms with van der Waals surface area (Å²) in [6.45, 7) is 6.71. The first-order valence-electron chi connectivity index (χ1n) is 9.02. The molecule has 0 atom stereocenters. The van der Waals surface area contributed by atoms with Crippen LogP contribution in [0.4, 0.5) is 0 Å². The van der Waals surface area contributed by atoms with Crippen LogP contribution in [0.3, 0.4) is 0 Å². The van der Waals surface area contributed by atoms with Gasteiger partial charge in [0, 0.05) is 19.3 Å². The summed E-state index contributed by atoms with van der Waals surface area (Å²) in [5.74, 6) is 3.07. The van der Waals surface area contributed by atoms with Crippen molar-refractivity contribution in [3.63, 3.8) is 0 Å². The van der Waals surface area contributed by atoms with Crippen LogP contribution in [0.15, 0.2) is 0 Å². The van der Waals surface area contributed by atoms with Gasteiger partial charge in [0.1, 0.15) is 17.5 Å². The summed E-state index contributed by atoms with van der Waals surface area (Å²) in [4.78, 5) is 14.0. The molecule has 0 aliphatic carbocycles. The Labute approximate surface area is 131 Å². The van der Waals surface area contributed by atoms with Gasteiger partial charge in [-0.2, -0.15) is 0 Å². The molecule has 0 aromatic carbocycles. The van der Waals surface area contributed by atoms with Crippen molar-refractivity contribution in [2.45, 2.75) is 97.8 Å². The molecule has 0 fully saturated rings. The highest BCUT2D eigenvalue weighted by atomic mass is 15.0. The Hall–Kier alpha value is -0.990. The Morgan fingerprint density at radius 1 is 0.476 bits per heavy atom. The zero-order valence-corrected chi connectivity index (χ0v) is 14.3. The third-order valence-electron chi connectivity index (χ3n) is 3.79. The highest BCUT2D eigenvalue weighted by Crippen LogP contribution is 2.09. The Kier molecular flexibility index (Phi) is 10.0. The van der Waals surface area contributed by atoms with Crippen LogP contribution in [-0.4, -0.2) is 15.0 Å². The van der Waals surface area contributed by atoms with Crippen molar-refractivity contribution in [1.29, 1.82) is 0 Å². The van der Waals surface area contributed by atoms with Gasteiger partial charge in [0.25, 0.3) is 0 Å². The van der Waals surface area contributed by atoms with Crippen LogP contribution >= 0.6 is 0 Å². The third-order valence-corrected chi connectivity index (χ3v) is 3.79. The second-order valence-corrected chi connectivity index (χ2v) is 5.96. The van der Waals surface area contributed by atoms with Crippen LogP contribution in [0, 0.1) is 0 Å². The minimum atomic E-state index is 1.01. The van der Waals surface area contributed by atoms with E-state index in [0.717, 1.165) is 36.7 Å². The Bertz CT molecular complexity index is 307. The minimum Gasteiger partial charge on any atom is -0.218 e. The molecule has 21 heavy (non-hydrogen) atoms. The van der Waals surface area contributed by atoms with Crippen molar-refractivity contribution in [2.24, 2.45) is 0 Å². The van der Waals surface area contributed by atoms with Crippen molar-refractivity contribution >= 4 is 0 Å². The summed E-state index contributed by atoms with van der Waals surface area (Å²) in [7, 11) is 0. The molecule has 0 saturated heterocycles. The summed E-state index contributed by atoms with van der Waals surface area (Å²) < 4.78 is 0. The van der Waals surface area contributed by atoms with Gasteiger partial charge in [-0.25, -0.2) is 15.0 Å². The van der Waals surface area contributed by atoms with Gasteiger partial charge in [0.05, 0.1) is 0 Å². The van der Waals surface area contributed by atoms with Crippen LogP contribution in [0.25, 0.3) is 0 Å². The first-order valence-corrected chi connectivity index (χ1v) is 9.02. The molecule has 0 unspecified atom stereocenters. The first kappa shape index (κ1) is 18.1. The lowest BCUT2D eigenvalue weighted by Gasteiger charge is -2.07. The zero-order chi connectivity index (χ0) is 15.3. The average molecular weight is 291 g/mol. The molecule has 0 radical (unpaired) electrons. The summed E-state index contributed by atoms with van der Waals surface area (Å²) in [6, 6.07) is 0. The van der Waals surface area contributed by atoms with E-state index in [4.69, 9.17) is 0 Å². The highest BCUT2D eigenvalue weighted by molar-refractivity contribution is 4.98. The molecule has 3 nitrogen and oxygen atoms in total. The SMILES string of the molecule is CCCCCc1nc(CCCCC)nc(CCCCC)n1. The Morgan fingerprint density at radius 3 is 1.00 bits per heavy atom. The predicted octanol–water partition coefficient (Wildman–Crippen LogP) is 5.07. The lowest BCUT2D eigenvalue weighted by Crippen LogP contribution is -2.08. The van der Waals surface area contributed by atoms with Gasteiger partial charge in [-0.05, 0) is 19.3 Å². The molecule has 0 aliphatic rings. The molecule has 1 heterocycles. The zero-order valence-electron chi connectivity index (χ0n) is 14.3. The van der Waals surface area contributed by atoms with Crippen LogP contribution in [0.5, 0.6) is 0 Å². The highest BCUT2D eigenvalue weighted by Gasteiger charge is 2.06. The molecule has 0 amide bonds. The van der Waals surface area contributed by atoms with Crippen molar-refractivity contribution in [1.82, 2.24) is 15.0 Å². The fourth-order valence-corrected chi connectivity index (χ4v) is 2.46. The van der Waals surface area contributed by atoms with E-state index in [0.29, 0.717) is 0 Å². The second kappa shape index (κ2) is 11.6. The molecule has 0 spiro atoms. The monoisotopic (exact) mass is 291 g/mol. The number of unbranched alkanes of at least 4 members (excludes halogenated alkanes) is 6. The number of aromatic nitrogens is 3. The second-order valence-electron chi connectivity index (χ2n) is 5.96. The lowest BCUT2D eigenvalue weighted by atomic mass is 10.1. The topological polar surface area (TPSA) is 38.7 Å². The van der Waals surface area contributed by atoms with Crippen LogP contribution in [-0.2, 0) is 19.3 Å². The average Bonchev–Trinajstić information content (AvgIpc) is 2.48. The molecule has 0 N–H and O–H groups in total. The fraction of sp³-hybridized carbons (Fsp3) is 0.833. The smallest absolute Gasteiger partial charge is 0.132 e. The maximum absolute atomic E-state index is 4.68. The standard InChI is InChI=1S/C18H33N3/c1-4-7-10-13-16-19-17(14-11-8-5-2)21-18(20-16)15-12-9-6-3/h4-15H2,1-3H3. The molecular weight excluding hydrogens is 258 g/mol. The quantitative estimate of drug-likeness (QED) is 0.505. The molecule has 0 aliphatic heterocycles. The number of rotatable bonds is 12. The predicted molar refractivity (Wildman–Crippen MR) is 89.5 cm³/mol. The van der Waals surface area contributed by atoms with E-state index in [9.17, 15) is 0 Å². The molecule has 1 aromatic rings. The number of hydrogen-bond acceptors (Lipinski definition) is 3. The first-order chi connectivity index (χ1) is 10.3. The molecular formula is C18H33N3. The van der Waals surface area contributed by atoms with Crippen LogP contribution < -0.4 is 0 Å². The van der Waals surface area contributed by atoms with E-state index in [1.54, 1.807) is 0 Å². The molecule has 1 aromatic heterocycles. The third kappa shape index (κ3) is 8.13. The van der Waals surface area contributed by atoms with E-state index in [1.807, 2.05) is 0 Å². The van der Waals surface area contributed by atoms with E-state index >= 15 is 0 Å². The Balaban J connectivity index is 2.65. The van der Waals surface area contributed by atoms with Gasteiger partial charge in [-0.3, -0.25) is 0 Å². The normalized spacial score (nSPS) is 11.0. The van der Waals surface area contributed by atoms with Gasteiger partial charge in [-0.1, -0.05) is 59.3 Å². The minimum absolute atomic E-state index is 1.01. The molecule has 0 saturated carbocycles. The largest absolute Gasteiger partial charge is 0.218 e. The maximum Gasteiger partial charge on any atom is 0.132 e. The molecule has 0 bridgehead atoms. The van der Waals surface area contributed by atoms with Gasteiger partial charge < -0.3 is 0 Å². The maximum atomic E-state index is 4.68. The number of nitrogens with zero attached hydrogens (tertiary/aromatic N) is 3. The summed E-state index contributed by atoms with van der Waals surface area (Å²) in [6.07, 6.45) is 14.2. The Morgan fingerprint density at radius 2 is 0.762 bits per heavy atom. The van der Waals surface area contributed by atoms with Gasteiger partial charge >= 0.3 is 0 Å². The molecule has 3 heteroatoms. The van der Waals surface area contributed by atoms with Crippen molar-refractivity contribution < 1.29 is 0 Å². The number of hydrogen-bond donors (Lipinski definition) is 0. The van der Waals surface area contributed by atoms with E-state index in [-0.39, 0.29) is 0 Å². The summed E-state index contributed by atoms with van der Waals surface area (Å²) in [5.41, 5.74) is 0.